The maximum atomic E-state index is 12.1. The first-order valence-corrected chi connectivity index (χ1v) is 8.07. The molecule has 0 unspecified atom stereocenters. The van der Waals surface area contributed by atoms with Crippen LogP contribution in [0.25, 0.3) is 0 Å². The highest BCUT2D eigenvalue weighted by Gasteiger charge is 2.29. The highest BCUT2D eigenvalue weighted by Crippen LogP contribution is 2.15. The summed E-state index contributed by atoms with van der Waals surface area (Å²) in [5.74, 6) is 0.490. The molecule has 3 heterocycles. The van der Waals surface area contributed by atoms with Crippen LogP contribution in [0, 0.1) is 0 Å². The van der Waals surface area contributed by atoms with Gasteiger partial charge in [0.05, 0.1) is 30.3 Å². The third-order valence-electron chi connectivity index (χ3n) is 3.39. The molecule has 3 rings (SSSR count). The van der Waals surface area contributed by atoms with Crippen LogP contribution in [0.3, 0.4) is 0 Å². The number of thiazole rings is 1. The molecule has 0 aromatic carbocycles. The second kappa shape index (κ2) is 7.33. The van der Waals surface area contributed by atoms with E-state index in [4.69, 9.17) is 9.47 Å². The van der Waals surface area contributed by atoms with Gasteiger partial charge in [0.1, 0.15) is 6.10 Å². The number of pyridine rings is 1. The van der Waals surface area contributed by atoms with Gasteiger partial charge in [-0.05, 0) is 12.5 Å². The zero-order valence-corrected chi connectivity index (χ0v) is 12.8. The number of carbonyl (C=O) groups excluding carboxylic acids is 1. The van der Waals surface area contributed by atoms with E-state index in [1.54, 1.807) is 17.8 Å². The van der Waals surface area contributed by atoms with Gasteiger partial charge in [-0.1, -0.05) is 6.07 Å². The number of carbonyl (C=O) groups is 1. The maximum absolute atomic E-state index is 12.1. The third kappa shape index (κ3) is 4.02. The van der Waals surface area contributed by atoms with Gasteiger partial charge in [0.25, 0.3) is 0 Å². The van der Waals surface area contributed by atoms with Crippen LogP contribution in [0.5, 0.6) is 5.88 Å². The lowest BCUT2D eigenvalue weighted by Gasteiger charge is -2.32. The molecule has 1 aliphatic heterocycles. The van der Waals surface area contributed by atoms with Crippen LogP contribution in [-0.2, 0) is 16.0 Å². The molecule has 0 radical (unpaired) electrons. The Labute approximate surface area is 132 Å². The van der Waals surface area contributed by atoms with E-state index in [2.05, 4.69) is 15.3 Å². The molecule has 22 heavy (non-hydrogen) atoms. The summed E-state index contributed by atoms with van der Waals surface area (Å²) in [5.41, 5.74) is 2.51. The van der Waals surface area contributed by atoms with Gasteiger partial charge >= 0.3 is 0 Å². The summed E-state index contributed by atoms with van der Waals surface area (Å²) in [6.45, 7) is 1.06. The van der Waals surface area contributed by atoms with Crippen molar-refractivity contribution < 1.29 is 14.3 Å². The molecule has 2 aromatic rings. The first-order valence-electron chi connectivity index (χ1n) is 7.13. The minimum absolute atomic E-state index is 0.0487. The second-order valence-corrected chi connectivity index (χ2v) is 5.74. The van der Waals surface area contributed by atoms with Gasteiger partial charge in [-0.3, -0.25) is 4.79 Å². The fraction of sp³-hybridized carbons (Fsp3) is 0.400. The average Bonchev–Trinajstić information content (AvgIpc) is 3.03. The van der Waals surface area contributed by atoms with Gasteiger partial charge in [0, 0.05) is 24.3 Å². The summed E-state index contributed by atoms with van der Waals surface area (Å²) in [4.78, 5) is 20.4. The van der Waals surface area contributed by atoms with Gasteiger partial charge < -0.3 is 14.8 Å². The molecule has 0 spiro atoms. The zero-order chi connectivity index (χ0) is 15.2. The fourth-order valence-corrected chi connectivity index (χ4v) is 2.87. The van der Waals surface area contributed by atoms with Gasteiger partial charge in [-0.15, -0.1) is 11.3 Å². The summed E-state index contributed by atoms with van der Waals surface area (Å²) < 4.78 is 11.3. The molecule has 7 heteroatoms. The van der Waals surface area contributed by atoms with Crippen LogP contribution in [0.15, 0.2) is 35.3 Å². The second-order valence-electron chi connectivity index (χ2n) is 5.02. The summed E-state index contributed by atoms with van der Waals surface area (Å²) in [7, 11) is 0. The van der Waals surface area contributed by atoms with Crippen molar-refractivity contribution in [1.29, 1.82) is 0 Å². The largest absolute Gasteiger partial charge is 0.470 e. The fourth-order valence-electron chi connectivity index (χ4n) is 2.31. The summed E-state index contributed by atoms with van der Waals surface area (Å²) >= 11 is 1.49. The monoisotopic (exact) mass is 319 g/mol. The maximum Gasteiger partial charge on any atom is 0.226 e. The van der Waals surface area contributed by atoms with Gasteiger partial charge in [-0.2, -0.15) is 0 Å². The number of ether oxygens (including phenoxy) is 2. The van der Waals surface area contributed by atoms with Crippen molar-refractivity contribution in [3.63, 3.8) is 0 Å². The number of hydrogen-bond donors (Lipinski definition) is 1. The number of nitrogens with zero attached hydrogens (tertiary/aromatic N) is 2. The van der Waals surface area contributed by atoms with Crippen LogP contribution in [0.4, 0.5) is 0 Å². The predicted molar refractivity (Wildman–Crippen MR) is 81.8 cm³/mol. The molecule has 0 aliphatic carbocycles. The minimum atomic E-state index is -0.233. The Morgan fingerprint density at radius 3 is 3.18 bits per heavy atom. The van der Waals surface area contributed by atoms with Gasteiger partial charge in [0.2, 0.25) is 11.8 Å². The number of hydrogen-bond acceptors (Lipinski definition) is 6. The number of aromatic nitrogens is 2. The van der Waals surface area contributed by atoms with Gasteiger partial charge in [-0.25, -0.2) is 9.97 Å². The Bertz CT molecular complexity index is 591. The quantitative estimate of drug-likeness (QED) is 0.902. The lowest BCUT2D eigenvalue weighted by atomic mass is 10.1. The third-order valence-corrected chi connectivity index (χ3v) is 4.02. The lowest BCUT2D eigenvalue weighted by molar-refractivity contribution is -0.123. The highest BCUT2D eigenvalue weighted by molar-refractivity contribution is 7.07. The van der Waals surface area contributed by atoms with E-state index >= 15 is 0 Å². The van der Waals surface area contributed by atoms with E-state index in [1.165, 1.54) is 11.3 Å². The van der Waals surface area contributed by atoms with Crippen molar-refractivity contribution in [1.82, 2.24) is 15.3 Å². The van der Waals surface area contributed by atoms with Crippen molar-refractivity contribution in [2.75, 3.05) is 13.2 Å². The average molecular weight is 319 g/mol. The summed E-state index contributed by atoms with van der Waals surface area (Å²) in [5, 5.41) is 4.90. The molecule has 2 atom stereocenters. The van der Waals surface area contributed by atoms with Crippen molar-refractivity contribution in [3.05, 3.63) is 41.0 Å². The topological polar surface area (TPSA) is 73.3 Å². The van der Waals surface area contributed by atoms with E-state index < -0.39 is 0 Å². The molecule has 1 aliphatic rings. The highest BCUT2D eigenvalue weighted by atomic mass is 32.1. The van der Waals surface area contributed by atoms with Crippen molar-refractivity contribution in [3.8, 4) is 5.88 Å². The first kappa shape index (κ1) is 14.9. The number of amides is 1. The molecular weight excluding hydrogens is 302 g/mol. The SMILES string of the molecule is O=C(Cc1cscn1)N[C@@H]1CCOC[C@H]1Oc1ccccn1. The Morgan fingerprint density at radius 1 is 1.45 bits per heavy atom. The van der Waals surface area contributed by atoms with Gasteiger partial charge in [0.15, 0.2) is 0 Å². The van der Waals surface area contributed by atoms with Crippen LogP contribution >= 0.6 is 11.3 Å². The molecule has 1 N–H and O–H groups in total. The van der Waals surface area contributed by atoms with Crippen LogP contribution in [0.2, 0.25) is 0 Å². The Hall–Kier alpha value is -1.99. The van der Waals surface area contributed by atoms with Crippen LogP contribution in [0.1, 0.15) is 12.1 Å². The van der Waals surface area contributed by atoms with Crippen molar-refractivity contribution >= 4 is 17.2 Å². The number of nitrogens with one attached hydrogen (secondary N) is 1. The molecule has 1 saturated heterocycles. The normalized spacial score (nSPS) is 21.3. The van der Waals surface area contributed by atoms with E-state index in [9.17, 15) is 4.79 Å². The zero-order valence-electron chi connectivity index (χ0n) is 12.0. The van der Waals surface area contributed by atoms with Crippen molar-refractivity contribution in [2.45, 2.75) is 25.0 Å². The standard InChI is InChI=1S/C15H17N3O3S/c19-14(7-11-9-22-10-17-11)18-12-4-6-20-8-13(12)21-15-3-1-2-5-16-15/h1-3,5,9-10,12-13H,4,6-8H2,(H,18,19)/t12-,13-/m1/s1. The molecule has 1 amide bonds. The smallest absolute Gasteiger partial charge is 0.226 e. The molecule has 0 saturated carbocycles. The number of rotatable bonds is 5. The molecule has 0 bridgehead atoms. The Kier molecular flexibility index (Phi) is 4.97. The lowest BCUT2D eigenvalue weighted by Crippen LogP contribution is -2.51. The molecular formula is C15H17N3O3S. The minimum Gasteiger partial charge on any atom is -0.470 e. The molecule has 1 fully saturated rings. The van der Waals surface area contributed by atoms with E-state index in [0.29, 0.717) is 19.1 Å². The molecule has 2 aromatic heterocycles. The predicted octanol–water partition coefficient (Wildman–Crippen LogP) is 1.43. The van der Waals surface area contributed by atoms with E-state index in [0.717, 1.165) is 12.1 Å². The van der Waals surface area contributed by atoms with Crippen molar-refractivity contribution in [2.24, 2.45) is 0 Å². The molecule has 6 nitrogen and oxygen atoms in total. The van der Waals surface area contributed by atoms with Crippen LogP contribution in [-0.4, -0.2) is 41.2 Å². The Morgan fingerprint density at radius 2 is 2.41 bits per heavy atom. The Balaban J connectivity index is 1.58. The van der Waals surface area contributed by atoms with Crippen LogP contribution < -0.4 is 10.1 Å². The summed E-state index contributed by atoms with van der Waals surface area (Å²) in [6.07, 6.45) is 2.45. The van der Waals surface area contributed by atoms with E-state index in [-0.39, 0.29) is 24.5 Å². The summed E-state index contributed by atoms with van der Waals surface area (Å²) in [6, 6.07) is 5.41. The molecule has 116 valence electrons. The first-order chi connectivity index (χ1) is 10.8. The van der Waals surface area contributed by atoms with E-state index in [1.807, 2.05) is 17.5 Å².